The molecule has 0 aliphatic heterocycles. The Morgan fingerprint density at radius 2 is 1.89 bits per heavy atom. The summed E-state index contributed by atoms with van der Waals surface area (Å²) in [7, 11) is -3.76. The highest BCUT2D eigenvalue weighted by Gasteiger charge is 2.22. The van der Waals surface area contributed by atoms with Crippen LogP contribution >= 0.6 is 11.3 Å². The van der Waals surface area contributed by atoms with Crippen molar-refractivity contribution in [1.29, 1.82) is 0 Å². The summed E-state index contributed by atoms with van der Waals surface area (Å²) < 4.78 is 26.7. The molecule has 5 nitrogen and oxygen atoms in total. The molecule has 0 fully saturated rings. The Balaban J connectivity index is 2.37. The van der Waals surface area contributed by atoms with E-state index in [0.717, 1.165) is 11.3 Å². The number of nitrogens with one attached hydrogen (secondary N) is 1. The van der Waals surface area contributed by atoms with E-state index in [9.17, 15) is 13.2 Å². The highest BCUT2D eigenvalue weighted by molar-refractivity contribution is 7.93. The first kappa shape index (κ1) is 13.6. The minimum absolute atomic E-state index is 0.00115. The minimum Gasteiger partial charge on any atom is -0.477 e. The summed E-state index contributed by atoms with van der Waals surface area (Å²) in [4.78, 5) is 11.3. The molecule has 0 bridgehead atoms. The van der Waals surface area contributed by atoms with E-state index in [1.807, 2.05) is 0 Å². The molecule has 0 aliphatic carbocycles. The first-order valence-electron chi connectivity index (χ1n) is 5.32. The number of carbonyl (C=O) groups is 1. The molecule has 0 unspecified atom stereocenters. The molecule has 2 N–H and O–H groups in total. The van der Waals surface area contributed by atoms with E-state index in [2.05, 4.69) is 4.72 Å². The van der Waals surface area contributed by atoms with Crippen LogP contribution in [0.2, 0.25) is 0 Å². The van der Waals surface area contributed by atoms with Gasteiger partial charge in [0.15, 0.2) is 0 Å². The van der Waals surface area contributed by atoms with Crippen LogP contribution in [-0.2, 0) is 10.0 Å². The summed E-state index contributed by atoms with van der Waals surface area (Å²) in [5, 5.41) is 8.87. The summed E-state index contributed by atoms with van der Waals surface area (Å²) in [6, 6.07) is 9.61. The molecule has 0 aliphatic rings. The van der Waals surface area contributed by atoms with Gasteiger partial charge in [-0.3, -0.25) is 4.72 Å². The van der Waals surface area contributed by atoms with Crippen molar-refractivity contribution in [2.75, 3.05) is 4.72 Å². The first-order chi connectivity index (χ1) is 8.90. The second-order valence-electron chi connectivity index (χ2n) is 3.81. The second-order valence-corrected chi connectivity index (χ2v) is 6.71. The average molecular weight is 297 g/mol. The van der Waals surface area contributed by atoms with Crippen LogP contribution in [0.15, 0.2) is 41.3 Å². The lowest BCUT2D eigenvalue weighted by Gasteiger charge is -2.06. The van der Waals surface area contributed by atoms with Crippen molar-refractivity contribution in [1.82, 2.24) is 0 Å². The fourth-order valence-corrected chi connectivity index (χ4v) is 4.04. The average Bonchev–Trinajstić information content (AvgIpc) is 2.73. The molecule has 2 rings (SSSR count). The molecule has 0 spiro atoms. The van der Waals surface area contributed by atoms with Crippen molar-refractivity contribution in [3.63, 3.8) is 0 Å². The lowest BCUT2D eigenvalue weighted by Crippen LogP contribution is -2.13. The lowest BCUT2D eigenvalue weighted by molar-refractivity contribution is 0.0702. The van der Waals surface area contributed by atoms with Crippen molar-refractivity contribution in [3.8, 4) is 0 Å². The van der Waals surface area contributed by atoms with Crippen LogP contribution in [0, 0.1) is 6.92 Å². The predicted molar refractivity (Wildman–Crippen MR) is 73.3 cm³/mol. The molecular weight excluding hydrogens is 286 g/mol. The third-order valence-corrected chi connectivity index (χ3v) is 5.07. The van der Waals surface area contributed by atoms with Crippen molar-refractivity contribution in [3.05, 3.63) is 46.2 Å². The number of aryl methyl sites for hydroxylation is 1. The number of sulfonamides is 1. The molecule has 0 radical (unpaired) electrons. The number of hydrogen-bond donors (Lipinski definition) is 2. The van der Waals surface area contributed by atoms with Crippen LogP contribution in [-0.4, -0.2) is 19.5 Å². The van der Waals surface area contributed by atoms with Crippen molar-refractivity contribution in [2.45, 2.75) is 11.8 Å². The summed E-state index contributed by atoms with van der Waals surface area (Å²) in [5.74, 6) is -1.13. The summed E-state index contributed by atoms with van der Waals surface area (Å²) in [5.41, 5.74) is 0.435. The van der Waals surface area contributed by atoms with Crippen LogP contribution in [0.1, 0.15) is 14.5 Å². The monoisotopic (exact) mass is 297 g/mol. The van der Waals surface area contributed by atoms with Gasteiger partial charge in [0.25, 0.3) is 10.0 Å². The fraction of sp³-hybridized carbons (Fsp3) is 0.0833. The number of rotatable bonds is 4. The zero-order valence-electron chi connectivity index (χ0n) is 9.95. The zero-order chi connectivity index (χ0) is 14.0. The molecule has 100 valence electrons. The van der Waals surface area contributed by atoms with Gasteiger partial charge in [-0.25, -0.2) is 13.2 Å². The topological polar surface area (TPSA) is 83.5 Å². The SMILES string of the molecule is Cc1sc(C(=O)O)cc1S(=O)(=O)Nc1ccccc1. The Hall–Kier alpha value is -1.86. The molecule has 7 heteroatoms. The Morgan fingerprint density at radius 1 is 1.26 bits per heavy atom. The molecule has 0 saturated heterocycles. The van der Waals surface area contributed by atoms with Gasteiger partial charge in [-0.15, -0.1) is 11.3 Å². The van der Waals surface area contributed by atoms with Gasteiger partial charge >= 0.3 is 5.97 Å². The quantitative estimate of drug-likeness (QED) is 0.908. The van der Waals surface area contributed by atoms with Gasteiger partial charge in [0.05, 0.1) is 0 Å². The highest BCUT2D eigenvalue weighted by Crippen LogP contribution is 2.27. The van der Waals surface area contributed by atoms with Crippen LogP contribution in [0.4, 0.5) is 5.69 Å². The van der Waals surface area contributed by atoms with Crippen LogP contribution < -0.4 is 4.72 Å². The van der Waals surface area contributed by atoms with Gasteiger partial charge in [0.2, 0.25) is 0 Å². The number of para-hydroxylation sites is 1. The molecule has 1 heterocycles. The van der Waals surface area contributed by atoms with Gasteiger partial charge < -0.3 is 5.11 Å². The number of benzene rings is 1. The maximum Gasteiger partial charge on any atom is 0.345 e. The number of carboxylic acids is 1. The Labute approximate surface area is 114 Å². The van der Waals surface area contributed by atoms with Crippen molar-refractivity contribution in [2.24, 2.45) is 0 Å². The third kappa shape index (κ3) is 2.94. The number of thiophene rings is 1. The van der Waals surface area contributed by atoms with Gasteiger partial charge in [-0.2, -0.15) is 0 Å². The molecular formula is C12H11NO4S2. The number of anilines is 1. The van der Waals surface area contributed by atoms with Crippen LogP contribution in [0.25, 0.3) is 0 Å². The maximum atomic E-state index is 12.2. The smallest absolute Gasteiger partial charge is 0.345 e. The van der Waals surface area contributed by atoms with E-state index in [4.69, 9.17) is 5.11 Å². The molecule has 1 aromatic carbocycles. The normalized spacial score (nSPS) is 11.2. The van der Waals surface area contributed by atoms with Gasteiger partial charge in [0.1, 0.15) is 9.77 Å². The molecule has 2 aromatic rings. The Kier molecular flexibility index (Phi) is 3.59. The van der Waals surface area contributed by atoms with E-state index in [1.54, 1.807) is 37.3 Å². The molecule has 0 saturated carbocycles. The van der Waals surface area contributed by atoms with Crippen LogP contribution in [0.5, 0.6) is 0 Å². The number of carboxylic acid groups (broad SMARTS) is 1. The van der Waals surface area contributed by atoms with E-state index < -0.39 is 16.0 Å². The fourth-order valence-electron chi connectivity index (χ4n) is 1.55. The maximum absolute atomic E-state index is 12.2. The van der Waals surface area contributed by atoms with Gasteiger partial charge in [0, 0.05) is 10.6 Å². The van der Waals surface area contributed by atoms with Crippen LogP contribution in [0.3, 0.4) is 0 Å². The van der Waals surface area contributed by atoms with Gasteiger partial charge in [-0.1, -0.05) is 18.2 Å². The standard InChI is InChI=1S/C12H11NO4S2/c1-8-11(7-10(18-8)12(14)15)19(16,17)13-9-5-3-2-4-6-9/h2-7,13H,1H3,(H,14,15). The largest absolute Gasteiger partial charge is 0.477 e. The minimum atomic E-state index is -3.76. The third-order valence-electron chi connectivity index (χ3n) is 2.40. The lowest BCUT2D eigenvalue weighted by atomic mass is 10.3. The molecule has 0 atom stereocenters. The summed E-state index contributed by atoms with van der Waals surface area (Å²) >= 11 is 0.941. The van der Waals surface area contributed by atoms with E-state index in [1.165, 1.54) is 6.07 Å². The number of aromatic carboxylic acids is 1. The van der Waals surface area contributed by atoms with E-state index in [-0.39, 0.29) is 9.77 Å². The molecule has 1 aromatic heterocycles. The first-order valence-corrected chi connectivity index (χ1v) is 7.62. The van der Waals surface area contributed by atoms with E-state index >= 15 is 0 Å². The van der Waals surface area contributed by atoms with Gasteiger partial charge in [-0.05, 0) is 25.1 Å². The Morgan fingerprint density at radius 3 is 2.42 bits per heavy atom. The second kappa shape index (κ2) is 5.02. The molecule has 0 amide bonds. The zero-order valence-corrected chi connectivity index (χ0v) is 11.6. The Bertz CT molecular complexity index is 705. The van der Waals surface area contributed by atoms with Crippen molar-refractivity contribution >= 4 is 33.0 Å². The summed E-state index contributed by atoms with van der Waals surface area (Å²) in [6.07, 6.45) is 0. The predicted octanol–water partition coefficient (Wildman–Crippen LogP) is 2.56. The van der Waals surface area contributed by atoms with E-state index in [0.29, 0.717) is 10.6 Å². The highest BCUT2D eigenvalue weighted by atomic mass is 32.2. The van der Waals surface area contributed by atoms with Crippen molar-refractivity contribution < 1.29 is 18.3 Å². The number of hydrogen-bond acceptors (Lipinski definition) is 4. The summed E-state index contributed by atoms with van der Waals surface area (Å²) in [6.45, 7) is 1.58. The molecule has 19 heavy (non-hydrogen) atoms.